The van der Waals surface area contributed by atoms with Gasteiger partial charge in [0.2, 0.25) is 0 Å². The second-order valence-electron chi connectivity index (χ2n) is 2.78. The second-order valence-corrected chi connectivity index (χ2v) is 2.78. The second kappa shape index (κ2) is 4.50. The van der Waals surface area contributed by atoms with Crippen LogP contribution in [0.5, 0.6) is 0 Å². The van der Waals surface area contributed by atoms with E-state index >= 15 is 0 Å². The standard InChI is InChI=1S/C8H10O6/c9-7(10)13-5-3-1-2-4-6(5)14-8(11)12/h3,6H,1-2,4H2,(H,9,10)(H,11,12). The van der Waals surface area contributed by atoms with Crippen molar-refractivity contribution in [3.63, 3.8) is 0 Å². The molecule has 0 spiro atoms. The van der Waals surface area contributed by atoms with E-state index in [-0.39, 0.29) is 5.76 Å². The van der Waals surface area contributed by atoms with Gasteiger partial charge in [0.05, 0.1) is 0 Å². The molecule has 0 aromatic heterocycles. The lowest BCUT2D eigenvalue weighted by molar-refractivity contribution is 0.0289. The van der Waals surface area contributed by atoms with Crippen molar-refractivity contribution in [1.82, 2.24) is 0 Å². The van der Waals surface area contributed by atoms with Crippen LogP contribution in [0.4, 0.5) is 9.59 Å². The molecule has 1 unspecified atom stereocenters. The number of allylic oxidation sites excluding steroid dienone is 1. The molecular weight excluding hydrogens is 192 g/mol. The first kappa shape index (κ1) is 10.4. The van der Waals surface area contributed by atoms with Crippen molar-refractivity contribution < 1.29 is 29.3 Å². The minimum atomic E-state index is -1.46. The summed E-state index contributed by atoms with van der Waals surface area (Å²) in [6.45, 7) is 0. The van der Waals surface area contributed by atoms with Crippen LogP contribution in [0.25, 0.3) is 0 Å². The van der Waals surface area contributed by atoms with Crippen LogP contribution in [0.2, 0.25) is 0 Å². The molecule has 1 aliphatic carbocycles. The highest BCUT2D eigenvalue weighted by molar-refractivity contribution is 5.60. The molecule has 6 heteroatoms. The predicted octanol–water partition coefficient (Wildman–Crippen LogP) is 1.81. The van der Waals surface area contributed by atoms with Gasteiger partial charge in [0, 0.05) is 0 Å². The van der Waals surface area contributed by atoms with E-state index in [9.17, 15) is 9.59 Å². The van der Waals surface area contributed by atoms with Gasteiger partial charge in [-0.25, -0.2) is 9.59 Å². The summed E-state index contributed by atoms with van der Waals surface area (Å²) in [6, 6.07) is 0. The minimum absolute atomic E-state index is 0.0613. The Kier molecular flexibility index (Phi) is 3.33. The van der Waals surface area contributed by atoms with Crippen LogP contribution in [0, 0.1) is 0 Å². The van der Waals surface area contributed by atoms with E-state index < -0.39 is 18.4 Å². The van der Waals surface area contributed by atoms with Crippen molar-refractivity contribution in [2.45, 2.75) is 25.4 Å². The molecule has 0 aliphatic heterocycles. The number of hydrogen-bond acceptors (Lipinski definition) is 4. The van der Waals surface area contributed by atoms with Crippen LogP contribution >= 0.6 is 0 Å². The van der Waals surface area contributed by atoms with Gasteiger partial charge in [-0.15, -0.1) is 0 Å². The van der Waals surface area contributed by atoms with Crippen molar-refractivity contribution in [3.8, 4) is 0 Å². The third kappa shape index (κ3) is 2.96. The van der Waals surface area contributed by atoms with Gasteiger partial charge in [-0.05, 0) is 25.3 Å². The van der Waals surface area contributed by atoms with Gasteiger partial charge in [-0.2, -0.15) is 0 Å². The summed E-state index contributed by atoms with van der Waals surface area (Å²) in [7, 11) is 0. The molecule has 0 saturated heterocycles. The third-order valence-corrected chi connectivity index (χ3v) is 1.78. The van der Waals surface area contributed by atoms with Gasteiger partial charge in [0.1, 0.15) is 5.76 Å². The molecule has 0 aromatic rings. The topological polar surface area (TPSA) is 93.1 Å². The van der Waals surface area contributed by atoms with E-state index in [0.717, 1.165) is 6.42 Å². The van der Waals surface area contributed by atoms with Gasteiger partial charge >= 0.3 is 12.3 Å². The van der Waals surface area contributed by atoms with Crippen LogP contribution in [-0.2, 0) is 9.47 Å². The quantitative estimate of drug-likeness (QED) is 0.663. The average molecular weight is 202 g/mol. The van der Waals surface area contributed by atoms with Gasteiger partial charge in [0.15, 0.2) is 6.10 Å². The highest BCUT2D eigenvalue weighted by Gasteiger charge is 2.24. The number of hydrogen-bond donors (Lipinski definition) is 2. The summed E-state index contributed by atoms with van der Waals surface area (Å²) < 4.78 is 8.86. The summed E-state index contributed by atoms with van der Waals surface area (Å²) in [5.41, 5.74) is 0. The number of ether oxygens (including phenoxy) is 2. The van der Waals surface area contributed by atoms with E-state index in [1.165, 1.54) is 6.08 Å². The van der Waals surface area contributed by atoms with Crippen LogP contribution < -0.4 is 0 Å². The van der Waals surface area contributed by atoms with Gasteiger partial charge in [0.25, 0.3) is 0 Å². The molecule has 2 N–H and O–H groups in total. The maximum absolute atomic E-state index is 10.2. The normalized spacial score (nSPS) is 20.9. The Morgan fingerprint density at radius 2 is 2.07 bits per heavy atom. The zero-order chi connectivity index (χ0) is 10.6. The Bertz CT molecular complexity index is 269. The van der Waals surface area contributed by atoms with E-state index in [4.69, 9.17) is 10.2 Å². The van der Waals surface area contributed by atoms with Crippen molar-refractivity contribution in [1.29, 1.82) is 0 Å². The molecule has 1 aliphatic rings. The highest BCUT2D eigenvalue weighted by Crippen LogP contribution is 2.22. The largest absolute Gasteiger partial charge is 0.511 e. The molecule has 6 nitrogen and oxygen atoms in total. The molecule has 78 valence electrons. The first-order chi connectivity index (χ1) is 6.59. The van der Waals surface area contributed by atoms with Gasteiger partial charge < -0.3 is 19.7 Å². The van der Waals surface area contributed by atoms with Gasteiger partial charge in [-0.3, -0.25) is 0 Å². The lowest BCUT2D eigenvalue weighted by Gasteiger charge is -2.20. The number of rotatable bonds is 2. The zero-order valence-electron chi connectivity index (χ0n) is 7.30. The maximum atomic E-state index is 10.2. The summed E-state index contributed by atoms with van der Waals surface area (Å²) in [5.74, 6) is 0.0613. The van der Waals surface area contributed by atoms with E-state index in [1.54, 1.807) is 0 Å². The fraction of sp³-hybridized carbons (Fsp3) is 0.500. The summed E-state index contributed by atoms with van der Waals surface area (Å²) in [5, 5.41) is 16.7. The van der Waals surface area contributed by atoms with Crippen LogP contribution in [-0.4, -0.2) is 28.6 Å². The summed E-state index contributed by atoms with van der Waals surface area (Å²) >= 11 is 0. The maximum Gasteiger partial charge on any atom is 0.511 e. The van der Waals surface area contributed by atoms with E-state index in [0.29, 0.717) is 12.8 Å². The Labute approximate surface area is 79.7 Å². The molecule has 14 heavy (non-hydrogen) atoms. The average Bonchev–Trinajstić information content (AvgIpc) is 2.06. The lowest BCUT2D eigenvalue weighted by atomic mass is 10.0. The minimum Gasteiger partial charge on any atom is -0.450 e. The summed E-state index contributed by atoms with van der Waals surface area (Å²) in [4.78, 5) is 20.5. The third-order valence-electron chi connectivity index (χ3n) is 1.78. The van der Waals surface area contributed by atoms with Crippen LogP contribution in [0.3, 0.4) is 0 Å². The molecule has 0 aromatic carbocycles. The van der Waals surface area contributed by atoms with Crippen molar-refractivity contribution in [2.75, 3.05) is 0 Å². The molecule has 0 amide bonds. The summed E-state index contributed by atoms with van der Waals surface area (Å²) in [6.07, 6.45) is -0.283. The fourth-order valence-corrected chi connectivity index (χ4v) is 1.27. The molecule has 1 rings (SSSR count). The smallest absolute Gasteiger partial charge is 0.450 e. The first-order valence-corrected chi connectivity index (χ1v) is 4.10. The Hall–Kier alpha value is -1.72. The molecule has 1 atom stereocenters. The molecule has 0 heterocycles. The number of carbonyl (C=O) groups is 2. The molecule has 0 bridgehead atoms. The zero-order valence-corrected chi connectivity index (χ0v) is 7.30. The predicted molar refractivity (Wildman–Crippen MR) is 43.9 cm³/mol. The van der Waals surface area contributed by atoms with Crippen molar-refractivity contribution in [3.05, 3.63) is 11.8 Å². The SMILES string of the molecule is O=C(O)OC1=CCCCC1OC(=O)O. The Balaban J connectivity index is 2.62. The molecule has 0 radical (unpaired) electrons. The molecule has 0 saturated carbocycles. The van der Waals surface area contributed by atoms with Crippen molar-refractivity contribution in [2.24, 2.45) is 0 Å². The molecule has 0 fully saturated rings. The van der Waals surface area contributed by atoms with Gasteiger partial charge in [-0.1, -0.05) is 0 Å². The lowest BCUT2D eigenvalue weighted by Crippen LogP contribution is -2.24. The Morgan fingerprint density at radius 1 is 1.36 bits per heavy atom. The highest BCUT2D eigenvalue weighted by atomic mass is 16.7. The number of carboxylic acid groups (broad SMARTS) is 2. The van der Waals surface area contributed by atoms with Crippen LogP contribution in [0.1, 0.15) is 19.3 Å². The fourth-order valence-electron chi connectivity index (χ4n) is 1.27. The molecular formula is C8H10O6. The monoisotopic (exact) mass is 202 g/mol. The van der Waals surface area contributed by atoms with E-state index in [2.05, 4.69) is 9.47 Å². The van der Waals surface area contributed by atoms with Crippen molar-refractivity contribution >= 4 is 12.3 Å². The Morgan fingerprint density at radius 3 is 2.64 bits per heavy atom. The van der Waals surface area contributed by atoms with E-state index in [1.807, 2.05) is 0 Å². The first-order valence-electron chi connectivity index (χ1n) is 4.10. The van der Waals surface area contributed by atoms with Crippen LogP contribution in [0.15, 0.2) is 11.8 Å².